The Bertz CT molecular complexity index is 353. The van der Waals surface area contributed by atoms with Crippen molar-refractivity contribution >= 4 is 0 Å². The maximum absolute atomic E-state index is 5.78. The van der Waals surface area contributed by atoms with Gasteiger partial charge in [-0.3, -0.25) is 5.84 Å². The van der Waals surface area contributed by atoms with Gasteiger partial charge in [-0.05, 0) is 18.8 Å². The molecule has 0 radical (unpaired) electrons. The molecule has 1 unspecified atom stereocenters. The van der Waals surface area contributed by atoms with E-state index in [1.807, 2.05) is 6.20 Å². The van der Waals surface area contributed by atoms with Crippen LogP contribution in [0.3, 0.4) is 0 Å². The fraction of sp³-hybridized carbons (Fsp3) is 0.800. The molecular weight excluding hydrogens is 236 g/mol. The molecule has 1 saturated carbocycles. The molecule has 3 N–H and O–H groups in total. The van der Waals surface area contributed by atoms with Gasteiger partial charge in [0.15, 0.2) is 0 Å². The summed E-state index contributed by atoms with van der Waals surface area (Å²) in [5.41, 5.74) is 2.99. The van der Waals surface area contributed by atoms with E-state index < -0.39 is 0 Å². The quantitative estimate of drug-likeness (QED) is 0.471. The maximum atomic E-state index is 5.78. The molecule has 4 heteroatoms. The highest BCUT2D eigenvalue weighted by molar-refractivity contribution is 4.99. The van der Waals surface area contributed by atoms with Crippen molar-refractivity contribution in [1.29, 1.82) is 0 Å². The number of aromatic nitrogens is 2. The normalized spacial score (nSPS) is 19.3. The van der Waals surface area contributed by atoms with Crippen molar-refractivity contribution in [1.82, 2.24) is 15.0 Å². The number of aryl methyl sites for hydroxylation is 1. The lowest BCUT2D eigenvalue weighted by molar-refractivity contribution is 0.343. The van der Waals surface area contributed by atoms with Gasteiger partial charge in [0.25, 0.3) is 0 Å². The van der Waals surface area contributed by atoms with E-state index in [2.05, 4.69) is 28.1 Å². The molecule has 1 fully saturated rings. The van der Waals surface area contributed by atoms with Crippen LogP contribution in [0.25, 0.3) is 0 Å². The van der Waals surface area contributed by atoms with Gasteiger partial charge in [0, 0.05) is 18.9 Å². The molecule has 1 aromatic rings. The molecule has 1 aromatic heterocycles. The van der Waals surface area contributed by atoms with Crippen molar-refractivity contribution in [2.24, 2.45) is 11.8 Å². The molecule has 4 nitrogen and oxygen atoms in total. The third-order valence-electron chi connectivity index (χ3n) is 4.27. The first-order chi connectivity index (χ1) is 9.35. The van der Waals surface area contributed by atoms with Crippen molar-refractivity contribution in [3.8, 4) is 0 Å². The maximum Gasteiger partial charge on any atom is 0.127 e. The van der Waals surface area contributed by atoms with Crippen LogP contribution in [0.2, 0.25) is 0 Å². The number of nitrogens with two attached hydrogens (primary N) is 1. The Kier molecular flexibility index (Phi) is 5.86. The highest BCUT2D eigenvalue weighted by Gasteiger charge is 2.21. The molecule has 0 spiro atoms. The van der Waals surface area contributed by atoms with Gasteiger partial charge in [-0.2, -0.15) is 0 Å². The lowest BCUT2D eigenvalue weighted by Gasteiger charge is -2.22. The number of hydrogen-bond donors (Lipinski definition) is 2. The Morgan fingerprint density at radius 2 is 2.11 bits per heavy atom. The third kappa shape index (κ3) is 4.05. The SMILES string of the molecule is CCCn1ccnc1C(CC1CCCCCC1)NN. The molecule has 2 rings (SSSR count). The summed E-state index contributed by atoms with van der Waals surface area (Å²) in [5.74, 6) is 7.69. The largest absolute Gasteiger partial charge is 0.334 e. The first-order valence-electron chi connectivity index (χ1n) is 7.82. The van der Waals surface area contributed by atoms with Gasteiger partial charge in [-0.1, -0.05) is 45.4 Å². The molecule has 1 aliphatic rings. The van der Waals surface area contributed by atoms with Gasteiger partial charge < -0.3 is 4.57 Å². The van der Waals surface area contributed by atoms with E-state index in [-0.39, 0.29) is 6.04 Å². The zero-order chi connectivity index (χ0) is 13.5. The third-order valence-corrected chi connectivity index (χ3v) is 4.27. The van der Waals surface area contributed by atoms with E-state index >= 15 is 0 Å². The van der Waals surface area contributed by atoms with Crippen LogP contribution < -0.4 is 11.3 Å². The van der Waals surface area contributed by atoms with E-state index in [4.69, 9.17) is 5.84 Å². The molecule has 0 saturated heterocycles. The van der Waals surface area contributed by atoms with Gasteiger partial charge >= 0.3 is 0 Å². The van der Waals surface area contributed by atoms with Crippen LogP contribution in [0.4, 0.5) is 0 Å². The predicted octanol–water partition coefficient (Wildman–Crippen LogP) is 3.16. The average Bonchev–Trinajstić information content (AvgIpc) is 2.72. The zero-order valence-corrected chi connectivity index (χ0v) is 12.1. The van der Waals surface area contributed by atoms with Crippen LogP contribution in [0.5, 0.6) is 0 Å². The minimum absolute atomic E-state index is 0.199. The second-order valence-electron chi connectivity index (χ2n) is 5.79. The van der Waals surface area contributed by atoms with Crippen LogP contribution in [0.15, 0.2) is 12.4 Å². The number of nitrogens with zero attached hydrogens (tertiary/aromatic N) is 2. The van der Waals surface area contributed by atoms with E-state index in [0.717, 1.165) is 31.1 Å². The van der Waals surface area contributed by atoms with Gasteiger partial charge in [-0.25, -0.2) is 10.4 Å². The first-order valence-corrected chi connectivity index (χ1v) is 7.82. The Hall–Kier alpha value is -0.870. The Balaban J connectivity index is 1.99. The second-order valence-corrected chi connectivity index (χ2v) is 5.79. The highest BCUT2D eigenvalue weighted by atomic mass is 15.3. The van der Waals surface area contributed by atoms with Gasteiger partial charge in [0.2, 0.25) is 0 Å². The number of hydrazine groups is 1. The Morgan fingerprint density at radius 1 is 1.37 bits per heavy atom. The summed E-state index contributed by atoms with van der Waals surface area (Å²) < 4.78 is 2.24. The Labute approximate surface area is 116 Å². The molecule has 0 bridgehead atoms. The lowest BCUT2D eigenvalue weighted by atomic mass is 9.92. The Morgan fingerprint density at radius 3 is 2.74 bits per heavy atom. The molecule has 0 amide bonds. The minimum atomic E-state index is 0.199. The predicted molar refractivity (Wildman–Crippen MR) is 78.4 cm³/mol. The van der Waals surface area contributed by atoms with Gasteiger partial charge in [0.1, 0.15) is 5.82 Å². The number of imidazole rings is 1. The molecular formula is C15H28N4. The smallest absolute Gasteiger partial charge is 0.127 e. The van der Waals surface area contributed by atoms with Crippen LogP contribution in [-0.4, -0.2) is 9.55 Å². The first kappa shape index (κ1) is 14.5. The van der Waals surface area contributed by atoms with Crippen LogP contribution in [0.1, 0.15) is 70.2 Å². The van der Waals surface area contributed by atoms with Crippen molar-refractivity contribution in [2.45, 2.75) is 70.9 Å². The number of rotatable bonds is 6. The molecule has 0 aliphatic heterocycles. The van der Waals surface area contributed by atoms with Crippen molar-refractivity contribution < 1.29 is 0 Å². The summed E-state index contributed by atoms with van der Waals surface area (Å²) in [5, 5.41) is 0. The van der Waals surface area contributed by atoms with E-state index in [1.165, 1.54) is 38.5 Å². The lowest BCUT2D eigenvalue weighted by Crippen LogP contribution is -2.32. The molecule has 1 aliphatic carbocycles. The summed E-state index contributed by atoms with van der Waals surface area (Å²) >= 11 is 0. The monoisotopic (exact) mass is 264 g/mol. The molecule has 108 valence electrons. The van der Waals surface area contributed by atoms with Crippen LogP contribution >= 0.6 is 0 Å². The van der Waals surface area contributed by atoms with E-state index in [1.54, 1.807) is 0 Å². The average molecular weight is 264 g/mol. The minimum Gasteiger partial charge on any atom is -0.334 e. The van der Waals surface area contributed by atoms with Gasteiger partial charge in [-0.15, -0.1) is 0 Å². The van der Waals surface area contributed by atoms with E-state index in [0.29, 0.717) is 0 Å². The van der Waals surface area contributed by atoms with Gasteiger partial charge in [0.05, 0.1) is 6.04 Å². The highest BCUT2D eigenvalue weighted by Crippen LogP contribution is 2.30. The summed E-state index contributed by atoms with van der Waals surface area (Å²) in [6.07, 6.45) is 14.5. The fourth-order valence-corrected chi connectivity index (χ4v) is 3.24. The molecule has 0 aromatic carbocycles. The topological polar surface area (TPSA) is 55.9 Å². The summed E-state index contributed by atoms with van der Waals surface area (Å²) in [6.45, 7) is 3.22. The standard InChI is InChI=1S/C15H28N4/c1-2-10-19-11-9-17-15(19)14(18-16)12-13-7-5-3-4-6-8-13/h9,11,13-14,18H,2-8,10,12,16H2,1H3. The summed E-state index contributed by atoms with van der Waals surface area (Å²) in [6, 6.07) is 0.199. The molecule has 1 atom stereocenters. The van der Waals surface area contributed by atoms with Crippen LogP contribution in [-0.2, 0) is 6.54 Å². The van der Waals surface area contributed by atoms with Crippen molar-refractivity contribution in [2.75, 3.05) is 0 Å². The number of nitrogens with one attached hydrogen (secondary N) is 1. The molecule has 19 heavy (non-hydrogen) atoms. The van der Waals surface area contributed by atoms with Crippen molar-refractivity contribution in [3.63, 3.8) is 0 Å². The fourth-order valence-electron chi connectivity index (χ4n) is 3.24. The van der Waals surface area contributed by atoms with Crippen LogP contribution in [0, 0.1) is 5.92 Å². The number of hydrogen-bond acceptors (Lipinski definition) is 3. The molecule has 1 heterocycles. The van der Waals surface area contributed by atoms with E-state index in [9.17, 15) is 0 Å². The van der Waals surface area contributed by atoms with Crippen molar-refractivity contribution in [3.05, 3.63) is 18.2 Å². The zero-order valence-electron chi connectivity index (χ0n) is 12.1. The summed E-state index contributed by atoms with van der Waals surface area (Å²) in [7, 11) is 0. The second kappa shape index (κ2) is 7.65. The summed E-state index contributed by atoms with van der Waals surface area (Å²) in [4.78, 5) is 4.52.